The van der Waals surface area contributed by atoms with E-state index in [1.54, 1.807) is 39.1 Å². The number of hydrogen-bond acceptors (Lipinski definition) is 6. The van der Waals surface area contributed by atoms with Crippen molar-refractivity contribution in [3.8, 4) is 0 Å². The van der Waals surface area contributed by atoms with Gasteiger partial charge in [-0.3, -0.25) is 4.99 Å². The molecule has 0 aliphatic rings. The van der Waals surface area contributed by atoms with E-state index in [9.17, 15) is 13.2 Å². The van der Waals surface area contributed by atoms with Crippen LogP contribution in [0.1, 0.15) is 33.0 Å². The Kier molecular flexibility index (Phi) is 6.85. The van der Waals surface area contributed by atoms with Crippen LogP contribution in [0.15, 0.2) is 38.6 Å². The van der Waals surface area contributed by atoms with E-state index in [2.05, 4.69) is 15.6 Å². The number of furan rings is 1. The number of carbonyl (C=O) groups excluding carboxylic acids is 1. The predicted octanol–water partition coefficient (Wildman–Crippen LogP) is 1.95. The maximum atomic E-state index is 11.7. The monoisotopic (exact) mass is 407 g/mol. The zero-order valence-corrected chi connectivity index (χ0v) is 17.4. The molecule has 1 heterocycles. The second-order valence-corrected chi connectivity index (χ2v) is 8.31. The Hall–Kier alpha value is -2.81. The maximum Gasteiger partial charge on any atom is 0.341 e. The molecule has 1 aromatic heterocycles. The summed E-state index contributed by atoms with van der Waals surface area (Å²) in [4.78, 5) is 16.1. The van der Waals surface area contributed by atoms with Crippen molar-refractivity contribution in [1.82, 2.24) is 10.6 Å². The highest BCUT2D eigenvalue weighted by Crippen LogP contribution is 2.17. The average Bonchev–Trinajstić information content (AvgIpc) is 3.01. The molecule has 2 N–H and O–H groups in total. The molecule has 8 nitrogen and oxygen atoms in total. The Balaban J connectivity index is 1.97. The third-order valence-electron chi connectivity index (χ3n) is 4.13. The summed E-state index contributed by atoms with van der Waals surface area (Å²) in [5.74, 6) is 1.17. The Morgan fingerprint density at radius 2 is 1.86 bits per heavy atom. The van der Waals surface area contributed by atoms with Gasteiger partial charge in [0, 0.05) is 19.8 Å². The number of rotatable bonds is 6. The van der Waals surface area contributed by atoms with Crippen molar-refractivity contribution in [3.05, 3.63) is 52.5 Å². The lowest BCUT2D eigenvalue weighted by atomic mass is 10.1. The topological polar surface area (TPSA) is 110 Å². The van der Waals surface area contributed by atoms with Crippen LogP contribution >= 0.6 is 0 Å². The minimum absolute atomic E-state index is 0.327. The van der Waals surface area contributed by atoms with E-state index in [1.165, 1.54) is 13.4 Å². The Morgan fingerprint density at radius 1 is 1.18 bits per heavy atom. The van der Waals surface area contributed by atoms with Gasteiger partial charge < -0.3 is 19.8 Å². The van der Waals surface area contributed by atoms with Crippen LogP contribution < -0.4 is 10.6 Å². The Bertz CT molecular complexity index is 993. The van der Waals surface area contributed by atoms with Crippen molar-refractivity contribution in [1.29, 1.82) is 0 Å². The molecular weight excluding hydrogens is 382 g/mol. The first-order valence-electron chi connectivity index (χ1n) is 8.57. The first-order valence-corrected chi connectivity index (χ1v) is 10.5. The number of aliphatic imine (C=N–C) groups is 1. The van der Waals surface area contributed by atoms with E-state index in [4.69, 9.17) is 9.15 Å². The van der Waals surface area contributed by atoms with Gasteiger partial charge in [0.05, 0.1) is 18.6 Å². The lowest BCUT2D eigenvalue weighted by Gasteiger charge is -2.12. The third kappa shape index (κ3) is 5.35. The fourth-order valence-corrected chi connectivity index (χ4v) is 3.72. The zero-order valence-electron chi connectivity index (χ0n) is 16.6. The standard InChI is InChI=1S/C19H25N3O5S/c1-12-8-14(6-7-17(12)28(5,24)25)10-21-19(20-3)22-11-15-9-16(13(2)27-15)18(23)26-4/h6-9H,10-11H2,1-5H3,(H2,20,21,22). The summed E-state index contributed by atoms with van der Waals surface area (Å²) >= 11 is 0. The van der Waals surface area contributed by atoms with Crippen molar-refractivity contribution in [2.45, 2.75) is 31.8 Å². The molecule has 0 amide bonds. The fraction of sp³-hybridized carbons (Fsp3) is 0.368. The summed E-state index contributed by atoms with van der Waals surface area (Å²) in [5.41, 5.74) is 2.02. The molecule has 2 rings (SSSR count). The van der Waals surface area contributed by atoms with Crippen LogP contribution in [0.3, 0.4) is 0 Å². The number of carbonyl (C=O) groups is 1. The van der Waals surface area contributed by atoms with Crippen LogP contribution in [-0.2, 0) is 27.7 Å². The minimum atomic E-state index is -3.23. The summed E-state index contributed by atoms with van der Waals surface area (Å²) in [6, 6.07) is 6.84. The predicted molar refractivity (Wildman–Crippen MR) is 106 cm³/mol. The zero-order chi connectivity index (χ0) is 20.9. The number of ether oxygens (including phenoxy) is 1. The average molecular weight is 407 g/mol. The second-order valence-electron chi connectivity index (χ2n) is 6.33. The summed E-state index contributed by atoms with van der Waals surface area (Å²) in [5, 5.41) is 6.25. The van der Waals surface area contributed by atoms with Crippen molar-refractivity contribution < 1.29 is 22.4 Å². The van der Waals surface area contributed by atoms with Crippen LogP contribution in [-0.4, -0.2) is 40.8 Å². The quantitative estimate of drug-likeness (QED) is 0.428. The minimum Gasteiger partial charge on any atom is -0.465 e. The molecule has 0 spiro atoms. The molecule has 0 radical (unpaired) electrons. The smallest absolute Gasteiger partial charge is 0.341 e. The second kappa shape index (κ2) is 8.92. The Labute approximate surface area is 164 Å². The molecule has 1 aromatic carbocycles. The number of guanidine groups is 1. The number of benzene rings is 1. The highest BCUT2D eigenvalue weighted by atomic mass is 32.2. The number of sulfone groups is 1. The largest absolute Gasteiger partial charge is 0.465 e. The maximum absolute atomic E-state index is 11.7. The van der Waals surface area contributed by atoms with E-state index in [0.29, 0.717) is 46.6 Å². The third-order valence-corrected chi connectivity index (χ3v) is 5.38. The first-order chi connectivity index (χ1) is 13.2. The molecule has 0 saturated carbocycles. The summed E-state index contributed by atoms with van der Waals surface area (Å²) < 4.78 is 33.7. The van der Waals surface area contributed by atoms with E-state index in [-0.39, 0.29) is 0 Å². The van der Waals surface area contributed by atoms with Crippen molar-refractivity contribution in [2.75, 3.05) is 20.4 Å². The Morgan fingerprint density at radius 3 is 2.43 bits per heavy atom. The summed E-state index contributed by atoms with van der Waals surface area (Å²) in [7, 11) is -0.273. The summed E-state index contributed by atoms with van der Waals surface area (Å²) in [6.45, 7) is 4.27. The molecule has 0 aliphatic carbocycles. The van der Waals surface area contributed by atoms with Gasteiger partial charge in [-0.05, 0) is 37.1 Å². The highest BCUT2D eigenvalue weighted by Gasteiger charge is 2.15. The van der Waals surface area contributed by atoms with Crippen LogP contribution in [0.25, 0.3) is 0 Å². The van der Waals surface area contributed by atoms with Gasteiger partial charge in [-0.15, -0.1) is 0 Å². The number of methoxy groups -OCH3 is 1. The molecule has 0 bridgehead atoms. The molecule has 28 heavy (non-hydrogen) atoms. The van der Waals surface area contributed by atoms with Gasteiger partial charge in [-0.2, -0.15) is 0 Å². The van der Waals surface area contributed by atoms with Crippen LogP contribution in [0.5, 0.6) is 0 Å². The fourth-order valence-electron chi connectivity index (χ4n) is 2.76. The SMILES string of the molecule is CN=C(NCc1ccc(S(C)(=O)=O)c(C)c1)NCc1cc(C(=O)OC)c(C)o1. The first kappa shape index (κ1) is 21.5. The number of nitrogens with one attached hydrogen (secondary N) is 2. The van der Waals surface area contributed by atoms with E-state index in [1.807, 2.05) is 6.07 Å². The lowest BCUT2D eigenvalue weighted by Crippen LogP contribution is -2.36. The normalized spacial score (nSPS) is 12.0. The molecule has 0 atom stereocenters. The molecule has 0 unspecified atom stereocenters. The van der Waals surface area contributed by atoms with Gasteiger partial charge in [-0.25, -0.2) is 13.2 Å². The molecule has 152 valence electrons. The van der Waals surface area contributed by atoms with E-state index >= 15 is 0 Å². The molecule has 0 saturated heterocycles. The number of esters is 1. The number of aryl methyl sites for hydroxylation is 2. The van der Waals surface area contributed by atoms with Crippen molar-refractivity contribution in [2.24, 2.45) is 4.99 Å². The molecule has 2 aromatic rings. The molecule has 0 fully saturated rings. The van der Waals surface area contributed by atoms with Gasteiger partial charge in [-0.1, -0.05) is 12.1 Å². The molecular formula is C19H25N3O5S. The number of nitrogens with zero attached hydrogens (tertiary/aromatic N) is 1. The molecule has 9 heteroatoms. The van der Waals surface area contributed by atoms with Crippen molar-refractivity contribution in [3.63, 3.8) is 0 Å². The van der Waals surface area contributed by atoms with Crippen LogP contribution in [0.2, 0.25) is 0 Å². The van der Waals surface area contributed by atoms with Gasteiger partial charge in [0.25, 0.3) is 0 Å². The lowest BCUT2D eigenvalue weighted by molar-refractivity contribution is 0.0599. The summed E-state index contributed by atoms with van der Waals surface area (Å²) in [6.07, 6.45) is 1.20. The van der Waals surface area contributed by atoms with Crippen LogP contribution in [0.4, 0.5) is 0 Å². The van der Waals surface area contributed by atoms with Gasteiger partial charge in [0.2, 0.25) is 0 Å². The highest BCUT2D eigenvalue weighted by molar-refractivity contribution is 7.90. The van der Waals surface area contributed by atoms with E-state index < -0.39 is 15.8 Å². The van der Waals surface area contributed by atoms with Gasteiger partial charge in [0.1, 0.15) is 17.1 Å². The molecule has 0 aliphatic heterocycles. The van der Waals surface area contributed by atoms with Gasteiger partial charge in [0.15, 0.2) is 15.8 Å². The van der Waals surface area contributed by atoms with Crippen molar-refractivity contribution >= 4 is 21.8 Å². The number of hydrogen-bond donors (Lipinski definition) is 2. The van der Waals surface area contributed by atoms with E-state index in [0.717, 1.165) is 5.56 Å². The van der Waals surface area contributed by atoms with Gasteiger partial charge >= 0.3 is 5.97 Å². The van der Waals surface area contributed by atoms with Crippen LogP contribution in [0, 0.1) is 13.8 Å².